The number of amides is 2. The van der Waals surface area contributed by atoms with E-state index in [1.807, 2.05) is 30.0 Å². The minimum Gasteiger partial charge on any atom is -0.348 e. The molecule has 2 aliphatic rings. The first-order valence-corrected chi connectivity index (χ1v) is 11.7. The Morgan fingerprint density at radius 1 is 1.09 bits per heavy atom. The van der Waals surface area contributed by atoms with Crippen molar-refractivity contribution in [2.24, 2.45) is 5.92 Å². The number of hydrogen-bond acceptors (Lipinski definition) is 3. The predicted molar refractivity (Wildman–Crippen MR) is 130 cm³/mol. The lowest BCUT2D eigenvalue weighted by atomic mass is 9.91. The summed E-state index contributed by atoms with van der Waals surface area (Å²) in [6.07, 6.45) is -2.08. The Hall–Kier alpha value is -2.58. The number of nitrogens with one attached hydrogen (secondary N) is 2. The molecule has 4 rings (SSSR count). The van der Waals surface area contributed by atoms with Crippen LogP contribution in [0.5, 0.6) is 0 Å². The van der Waals surface area contributed by atoms with Gasteiger partial charge in [-0.05, 0) is 74.5 Å². The predicted octanol–water partition coefficient (Wildman–Crippen LogP) is 4.64. The molecule has 9 heteroatoms. The monoisotopic (exact) mass is 509 g/mol. The third-order valence-electron chi connectivity index (χ3n) is 6.90. The number of aryl methyl sites for hydroxylation is 1. The molecule has 2 aromatic carbocycles. The molecular formula is C26H31ClF3N3O2. The topological polar surface area (TPSA) is 61.4 Å². The van der Waals surface area contributed by atoms with Crippen LogP contribution in [0.1, 0.15) is 51.9 Å². The van der Waals surface area contributed by atoms with E-state index in [1.54, 1.807) is 0 Å². The lowest BCUT2D eigenvalue weighted by molar-refractivity contribution is -0.138. The SMILES string of the molecule is Cc1cccc(CN(C(=O)C2CNCCC2NC(=O)c2cccc(C(F)(F)F)c2)C2CC2)c1C.Cl. The standard InChI is InChI=1S/C26H30F3N3O2.ClH/c1-16-5-3-7-19(17(16)2)15-32(21-9-10-21)25(34)22-14-30-12-11-23(22)31-24(33)18-6-4-8-20(13-18)26(27,28)29;/h3-8,13,21-23,30H,9-12,14-15H2,1-2H3,(H,31,33);1H. The normalized spacial score (nSPS) is 20.0. The lowest BCUT2D eigenvalue weighted by Crippen LogP contribution is -2.55. The van der Waals surface area contributed by atoms with Crippen LogP contribution in [0, 0.1) is 19.8 Å². The van der Waals surface area contributed by atoms with Crippen LogP contribution in [-0.4, -0.2) is 41.9 Å². The van der Waals surface area contributed by atoms with Gasteiger partial charge in [0.05, 0.1) is 11.5 Å². The van der Waals surface area contributed by atoms with Crippen molar-refractivity contribution >= 4 is 24.2 Å². The molecule has 2 atom stereocenters. The van der Waals surface area contributed by atoms with E-state index in [-0.39, 0.29) is 29.9 Å². The molecule has 1 aliphatic carbocycles. The molecule has 5 nitrogen and oxygen atoms in total. The summed E-state index contributed by atoms with van der Waals surface area (Å²) in [7, 11) is 0. The number of hydrogen-bond donors (Lipinski definition) is 2. The highest BCUT2D eigenvalue weighted by Crippen LogP contribution is 2.32. The molecule has 0 spiro atoms. The Kier molecular flexibility index (Phi) is 8.49. The fraction of sp³-hybridized carbons (Fsp3) is 0.462. The summed E-state index contributed by atoms with van der Waals surface area (Å²) < 4.78 is 39.2. The minimum absolute atomic E-state index is 0. The summed E-state index contributed by atoms with van der Waals surface area (Å²) >= 11 is 0. The van der Waals surface area contributed by atoms with Gasteiger partial charge in [-0.15, -0.1) is 12.4 Å². The third kappa shape index (κ3) is 6.35. The van der Waals surface area contributed by atoms with Gasteiger partial charge in [-0.25, -0.2) is 0 Å². The number of piperidine rings is 1. The van der Waals surface area contributed by atoms with Gasteiger partial charge in [0.15, 0.2) is 0 Å². The average Bonchev–Trinajstić information content (AvgIpc) is 3.65. The number of halogens is 4. The molecule has 190 valence electrons. The number of carbonyl (C=O) groups excluding carboxylic acids is 2. The van der Waals surface area contributed by atoms with E-state index in [4.69, 9.17) is 0 Å². The first-order chi connectivity index (χ1) is 16.1. The van der Waals surface area contributed by atoms with Crippen molar-refractivity contribution in [3.63, 3.8) is 0 Å². The molecule has 2 aromatic rings. The molecule has 0 bridgehead atoms. The second-order valence-corrected chi connectivity index (χ2v) is 9.31. The van der Waals surface area contributed by atoms with Gasteiger partial charge in [0.25, 0.3) is 5.91 Å². The van der Waals surface area contributed by atoms with Gasteiger partial charge in [0, 0.05) is 30.7 Å². The summed E-state index contributed by atoms with van der Waals surface area (Å²) in [6, 6.07) is 10.2. The molecule has 2 N–H and O–H groups in total. The zero-order valence-corrected chi connectivity index (χ0v) is 20.6. The van der Waals surface area contributed by atoms with Crippen LogP contribution in [0.2, 0.25) is 0 Å². The van der Waals surface area contributed by atoms with E-state index in [1.165, 1.54) is 17.7 Å². The van der Waals surface area contributed by atoms with Crippen molar-refractivity contribution in [3.05, 3.63) is 70.3 Å². The Labute approximate surface area is 209 Å². The second-order valence-electron chi connectivity index (χ2n) is 9.31. The quantitative estimate of drug-likeness (QED) is 0.596. The third-order valence-corrected chi connectivity index (χ3v) is 6.90. The fourth-order valence-corrected chi connectivity index (χ4v) is 4.53. The number of benzene rings is 2. The summed E-state index contributed by atoms with van der Waals surface area (Å²) in [5.74, 6) is -1.09. The van der Waals surface area contributed by atoms with Crippen LogP contribution in [0.15, 0.2) is 42.5 Å². The average molecular weight is 510 g/mol. The van der Waals surface area contributed by atoms with Crippen LogP contribution in [0.25, 0.3) is 0 Å². The molecule has 0 aromatic heterocycles. The van der Waals surface area contributed by atoms with Crippen LogP contribution >= 0.6 is 12.4 Å². The highest BCUT2D eigenvalue weighted by Gasteiger charge is 2.40. The van der Waals surface area contributed by atoms with E-state index in [9.17, 15) is 22.8 Å². The maximum absolute atomic E-state index is 13.7. The molecule has 2 unspecified atom stereocenters. The van der Waals surface area contributed by atoms with Crippen molar-refractivity contribution < 1.29 is 22.8 Å². The highest BCUT2D eigenvalue weighted by molar-refractivity contribution is 5.95. The summed E-state index contributed by atoms with van der Waals surface area (Å²) in [4.78, 5) is 28.4. The minimum atomic E-state index is -4.53. The summed E-state index contributed by atoms with van der Waals surface area (Å²) in [5.41, 5.74) is 2.51. The largest absolute Gasteiger partial charge is 0.416 e. The number of rotatable bonds is 6. The maximum atomic E-state index is 13.7. The second kappa shape index (κ2) is 11.0. The molecule has 1 aliphatic heterocycles. The number of nitrogens with zero attached hydrogens (tertiary/aromatic N) is 1. The number of carbonyl (C=O) groups is 2. The van der Waals surface area contributed by atoms with E-state index in [2.05, 4.69) is 17.6 Å². The Bertz CT molecular complexity index is 1070. The molecule has 2 fully saturated rings. The van der Waals surface area contributed by atoms with E-state index < -0.39 is 29.6 Å². The van der Waals surface area contributed by atoms with Gasteiger partial charge in [-0.3, -0.25) is 9.59 Å². The van der Waals surface area contributed by atoms with Gasteiger partial charge in [-0.1, -0.05) is 24.3 Å². The zero-order chi connectivity index (χ0) is 24.5. The van der Waals surface area contributed by atoms with Gasteiger partial charge >= 0.3 is 6.18 Å². The van der Waals surface area contributed by atoms with Crippen molar-refractivity contribution in [2.45, 2.75) is 57.9 Å². The molecule has 1 heterocycles. The maximum Gasteiger partial charge on any atom is 0.416 e. The van der Waals surface area contributed by atoms with Crippen LogP contribution in [0.3, 0.4) is 0 Å². The van der Waals surface area contributed by atoms with Gasteiger partial charge < -0.3 is 15.5 Å². The number of alkyl halides is 3. The zero-order valence-electron chi connectivity index (χ0n) is 19.8. The highest BCUT2D eigenvalue weighted by atomic mass is 35.5. The lowest BCUT2D eigenvalue weighted by Gasteiger charge is -2.36. The van der Waals surface area contributed by atoms with Crippen molar-refractivity contribution in [3.8, 4) is 0 Å². The molecule has 2 amide bonds. The Morgan fingerprint density at radius 2 is 1.80 bits per heavy atom. The molecule has 35 heavy (non-hydrogen) atoms. The van der Waals surface area contributed by atoms with Crippen molar-refractivity contribution in [1.82, 2.24) is 15.5 Å². The summed E-state index contributed by atoms with van der Waals surface area (Å²) in [5, 5.41) is 6.09. The van der Waals surface area contributed by atoms with Crippen molar-refractivity contribution in [2.75, 3.05) is 13.1 Å². The first-order valence-electron chi connectivity index (χ1n) is 11.7. The smallest absolute Gasteiger partial charge is 0.348 e. The van der Waals surface area contributed by atoms with E-state index in [0.29, 0.717) is 26.1 Å². The van der Waals surface area contributed by atoms with Crippen LogP contribution in [-0.2, 0) is 17.5 Å². The molecular weight excluding hydrogens is 479 g/mol. The van der Waals surface area contributed by atoms with Gasteiger partial charge in [0.2, 0.25) is 5.91 Å². The molecule has 1 saturated carbocycles. The Balaban J connectivity index is 0.00000342. The van der Waals surface area contributed by atoms with Crippen molar-refractivity contribution in [1.29, 1.82) is 0 Å². The van der Waals surface area contributed by atoms with Crippen LogP contribution in [0.4, 0.5) is 13.2 Å². The van der Waals surface area contributed by atoms with E-state index in [0.717, 1.165) is 36.1 Å². The van der Waals surface area contributed by atoms with Crippen LogP contribution < -0.4 is 10.6 Å². The Morgan fingerprint density at radius 3 is 2.49 bits per heavy atom. The fourth-order valence-electron chi connectivity index (χ4n) is 4.53. The summed E-state index contributed by atoms with van der Waals surface area (Å²) in [6.45, 7) is 5.66. The van der Waals surface area contributed by atoms with Gasteiger partial charge in [-0.2, -0.15) is 13.2 Å². The van der Waals surface area contributed by atoms with Gasteiger partial charge in [0.1, 0.15) is 0 Å². The molecule has 0 radical (unpaired) electrons. The first kappa shape index (κ1) is 27.0. The molecule has 1 saturated heterocycles. The van der Waals surface area contributed by atoms with E-state index >= 15 is 0 Å².